The monoisotopic (exact) mass is 272 g/mol. The van der Waals surface area contributed by atoms with Crippen molar-refractivity contribution in [3.8, 4) is 0 Å². The topological polar surface area (TPSA) is 61.4 Å². The number of urea groups is 1. The van der Waals surface area contributed by atoms with Gasteiger partial charge in [-0.1, -0.05) is 36.4 Å². The normalized spacial score (nSPS) is 13.8. The maximum atomic E-state index is 11.7. The number of benzene rings is 2. The molecule has 3 N–H and O–H groups in total. The van der Waals surface area contributed by atoms with Gasteiger partial charge in [0, 0.05) is 0 Å². The van der Waals surface area contributed by atoms with Crippen molar-refractivity contribution in [3.05, 3.63) is 48.0 Å². The molecule has 0 aliphatic rings. The molecule has 4 nitrogen and oxygen atoms in total. The Bertz CT molecular complexity index is 598. The van der Waals surface area contributed by atoms with Gasteiger partial charge in [0.25, 0.3) is 0 Å². The van der Waals surface area contributed by atoms with E-state index in [1.165, 1.54) is 5.39 Å². The molecule has 2 aromatic rings. The molecule has 0 aliphatic heterocycles. The maximum absolute atomic E-state index is 11.7. The molecule has 4 heteroatoms. The largest absolute Gasteiger partial charge is 0.394 e. The molecule has 0 aliphatic carbocycles. The lowest BCUT2D eigenvalue weighted by Gasteiger charge is -2.17. The maximum Gasteiger partial charge on any atom is 0.315 e. The summed E-state index contributed by atoms with van der Waals surface area (Å²) in [5.41, 5.74) is 1.05. The summed E-state index contributed by atoms with van der Waals surface area (Å²) in [6.07, 6.45) is 0. The second kappa shape index (κ2) is 6.39. The Morgan fingerprint density at radius 2 is 1.80 bits per heavy atom. The van der Waals surface area contributed by atoms with Crippen LogP contribution in [0.2, 0.25) is 0 Å². The zero-order chi connectivity index (χ0) is 14.5. The van der Waals surface area contributed by atoms with Gasteiger partial charge in [-0.2, -0.15) is 0 Å². The van der Waals surface area contributed by atoms with Gasteiger partial charge in [0.15, 0.2) is 0 Å². The number of hydrogen-bond acceptors (Lipinski definition) is 2. The van der Waals surface area contributed by atoms with Crippen molar-refractivity contribution in [1.29, 1.82) is 0 Å². The third-order valence-electron chi connectivity index (χ3n) is 3.27. The molecule has 0 fully saturated rings. The molecule has 2 aromatic carbocycles. The van der Waals surface area contributed by atoms with Crippen LogP contribution in [-0.2, 0) is 0 Å². The second-order valence-corrected chi connectivity index (χ2v) is 5.03. The number of aliphatic hydroxyl groups is 1. The van der Waals surface area contributed by atoms with E-state index in [0.29, 0.717) is 0 Å². The van der Waals surface area contributed by atoms with Gasteiger partial charge >= 0.3 is 6.03 Å². The van der Waals surface area contributed by atoms with E-state index in [0.717, 1.165) is 10.9 Å². The first kappa shape index (κ1) is 14.3. The van der Waals surface area contributed by atoms with E-state index in [4.69, 9.17) is 5.11 Å². The summed E-state index contributed by atoms with van der Waals surface area (Å²) in [5.74, 6) is 0. The zero-order valence-electron chi connectivity index (χ0n) is 11.8. The van der Waals surface area contributed by atoms with E-state index in [1.807, 2.05) is 25.1 Å². The Kier molecular flexibility index (Phi) is 4.58. The Morgan fingerprint density at radius 1 is 1.10 bits per heavy atom. The molecule has 2 atom stereocenters. The van der Waals surface area contributed by atoms with Crippen LogP contribution in [0.3, 0.4) is 0 Å². The fourth-order valence-corrected chi connectivity index (χ4v) is 2.07. The van der Waals surface area contributed by atoms with E-state index >= 15 is 0 Å². The molecule has 106 valence electrons. The molecule has 2 amide bonds. The summed E-state index contributed by atoms with van der Waals surface area (Å²) in [4.78, 5) is 11.7. The van der Waals surface area contributed by atoms with Crippen LogP contribution in [0.5, 0.6) is 0 Å². The number of aliphatic hydroxyl groups excluding tert-OH is 1. The van der Waals surface area contributed by atoms with Gasteiger partial charge in [0.2, 0.25) is 0 Å². The zero-order valence-corrected chi connectivity index (χ0v) is 11.8. The first-order valence-electron chi connectivity index (χ1n) is 6.76. The van der Waals surface area contributed by atoms with Crippen LogP contribution in [-0.4, -0.2) is 23.8 Å². The highest BCUT2D eigenvalue weighted by Gasteiger charge is 2.11. The van der Waals surface area contributed by atoms with Crippen LogP contribution in [0.25, 0.3) is 10.8 Å². The predicted octanol–water partition coefficient (Wildman–Crippen LogP) is 2.58. The molecule has 0 aromatic heterocycles. The first-order chi connectivity index (χ1) is 9.60. The van der Waals surface area contributed by atoms with E-state index in [9.17, 15) is 4.79 Å². The van der Waals surface area contributed by atoms with Gasteiger partial charge in [0.1, 0.15) is 0 Å². The van der Waals surface area contributed by atoms with Crippen molar-refractivity contribution in [2.75, 3.05) is 6.61 Å². The standard InChI is InChI=1S/C16H20N2O2/c1-11(10-19)17-16(20)18-12(2)14-8-7-13-5-3-4-6-15(13)9-14/h3-9,11-12,19H,10H2,1-2H3,(H2,17,18,20). The summed E-state index contributed by atoms with van der Waals surface area (Å²) in [6.45, 7) is 3.62. The number of nitrogens with one attached hydrogen (secondary N) is 2. The summed E-state index contributed by atoms with van der Waals surface area (Å²) in [6, 6.07) is 13.7. The van der Waals surface area contributed by atoms with Crippen LogP contribution in [0.15, 0.2) is 42.5 Å². The molecule has 20 heavy (non-hydrogen) atoms. The van der Waals surface area contributed by atoms with Crippen molar-refractivity contribution in [2.24, 2.45) is 0 Å². The molecule has 0 spiro atoms. The predicted molar refractivity (Wildman–Crippen MR) is 80.6 cm³/mol. The smallest absolute Gasteiger partial charge is 0.315 e. The fourth-order valence-electron chi connectivity index (χ4n) is 2.07. The number of carbonyl (C=O) groups excluding carboxylic acids is 1. The highest BCUT2D eigenvalue weighted by Crippen LogP contribution is 2.20. The molecular formula is C16H20N2O2. The summed E-state index contributed by atoms with van der Waals surface area (Å²) in [7, 11) is 0. The Labute approximate surface area is 118 Å². The van der Waals surface area contributed by atoms with Crippen LogP contribution in [0.1, 0.15) is 25.5 Å². The van der Waals surface area contributed by atoms with Crippen molar-refractivity contribution in [3.63, 3.8) is 0 Å². The Morgan fingerprint density at radius 3 is 2.50 bits per heavy atom. The van der Waals surface area contributed by atoms with E-state index in [2.05, 4.69) is 34.9 Å². The van der Waals surface area contributed by atoms with Gasteiger partial charge in [-0.15, -0.1) is 0 Å². The molecule has 0 heterocycles. The van der Waals surface area contributed by atoms with Gasteiger partial charge in [-0.3, -0.25) is 0 Å². The number of rotatable bonds is 4. The summed E-state index contributed by atoms with van der Waals surface area (Å²) >= 11 is 0. The molecule has 2 rings (SSSR count). The van der Waals surface area contributed by atoms with Crippen molar-refractivity contribution < 1.29 is 9.90 Å². The lowest BCUT2D eigenvalue weighted by molar-refractivity contribution is 0.218. The third kappa shape index (κ3) is 3.48. The number of carbonyl (C=O) groups is 1. The van der Waals surface area contributed by atoms with Crippen LogP contribution in [0.4, 0.5) is 4.79 Å². The van der Waals surface area contributed by atoms with Crippen molar-refractivity contribution >= 4 is 16.8 Å². The number of amides is 2. The van der Waals surface area contributed by atoms with Crippen molar-refractivity contribution in [2.45, 2.75) is 25.9 Å². The molecule has 0 bridgehead atoms. The average molecular weight is 272 g/mol. The minimum Gasteiger partial charge on any atom is -0.394 e. The quantitative estimate of drug-likeness (QED) is 0.801. The highest BCUT2D eigenvalue weighted by molar-refractivity contribution is 5.83. The lowest BCUT2D eigenvalue weighted by Crippen LogP contribution is -2.43. The van der Waals surface area contributed by atoms with Gasteiger partial charge in [-0.05, 0) is 36.2 Å². The number of fused-ring (bicyclic) bond motifs is 1. The van der Waals surface area contributed by atoms with E-state index in [-0.39, 0.29) is 24.7 Å². The molecule has 2 unspecified atom stereocenters. The van der Waals surface area contributed by atoms with Gasteiger partial charge < -0.3 is 15.7 Å². The van der Waals surface area contributed by atoms with Crippen LogP contribution in [0, 0.1) is 0 Å². The average Bonchev–Trinajstić information content (AvgIpc) is 2.46. The second-order valence-electron chi connectivity index (χ2n) is 5.03. The van der Waals surface area contributed by atoms with Crippen LogP contribution < -0.4 is 10.6 Å². The van der Waals surface area contributed by atoms with E-state index < -0.39 is 0 Å². The summed E-state index contributed by atoms with van der Waals surface area (Å²) in [5, 5.41) is 16.8. The Hall–Kier alpha value is -2.07. The molecule has 0 saturated carbocycles. The Balaban J connectivity index is 2.07. The molecule has 0 saturated heterocycles. The third-order valence-corrected chi connectivity index (χ3v) is 3.27. The first-order valence-corrected chi connectivity index (χ1v) is 6.76. The van der Waals surface area contributed by atoms with Gasteiger partial charge in [0.05, 0.1) is 18.7 Å². The minimum absolute atomic E-state index is 0.0717. The summed E-state index contributed by atoms with van der Waals surface area (Å²) < 4.78 is 0. The molecular weight excluding hydrogens is 252 g/mol. The van der Waals surface area contributed by atoms with Gasteiger partial charge in [-0.25, -0.2) is 4.79 Å². The lowest BCUT2D eigenvalue weighted by atomic mass is 10.0. The van der Waals surface area contributed by atoms with Crippen LogP contribution >= 0.6 is 0 Å². The molecule has 0 radical (unpaired) electrons. The fraction of sp³-hybridized carbons (Fsp3) is 0.312. The SMILES string of the molecule is CC(CO)NC(=O)NC(C)c1ccc2ccccc2c1. The highest BCUT2D eigenvalue weighted by atomic mass is 16.3. The van der Waals surface area contributed by atoms with Crippen molar-refractivity contribution in [1.82, 2.24) is 10.6 Å². The minimum atomic E-state index is -0.271. The number of hydrogen-bond donors (Lipinski definition) is 3. The van der Waals surface area contributed by atoms with E-state index in [1.54, 1.807) is 6.92 Å².